The maximum Gasteiger partial charge on any atom is 0.232 e. The maximum atomic E-state index is 5.38. The first kappa shape index (κ1) is 11.8. The lowest BCUT2D eigenvalue weighted by atomic mass is 10.5. The van der Waals surface area contributed by atoms with Crippen molar-refractivity contribution in [2.45, 2.75) is 13.3 Å². The van der Waals surface area contributed by atoms with Gasteiger partial charge in [-0.3, -0.25) is 0 Å². The minimum Gasteiger partial charge on any atom is -0.476 e. The molecule has 0 saturated carbocycles. The molecule has 0 aliphatic carbocycles. The van der Waals surface area contributed by atoms with E-state index >= 15 is 0 Å². The molecular weight excluding hydrogens is 258 g/mol. The van der Waals surface area contributed by atoms with Crippen molar-refractivity contribution in [2.24, 2.45) is 0 Å². The summed E-state index contributed by atoms with van der Waals surface area (Å²) in [5, 5.41) is 3.00. The van der Waals surface area contributed by atoms with Crippen molar-refractivity contribution in [3.63, 3.8) is 0 Å². The van der Waals surface area contributed by atoms with Crippen LogP contribution < -0.4 is 10.1 Å². The monoisotopic (exact) mass is 269 g/mol. The van der Waals surface area contributed by atoms with Gasteiger partial charge in [-0.15, -0.1) is 12.3 Å². The number of aromatic nitrogens is 2. The number of hydrogen-bond donors (Lipinski definition) is 1. The first-order valence-corrected chi connectivity index (χ1v) is 5.40. The van der Waals surface area contributed by atoms with Crippen LogP contribution in [0.2, 0.25) is 0 Å². The van der Waals surface area contributed by atoms with Crippen molar-refractivity contribution in [3.05, 3.63) is 10.7 Å². The molecule has 1 rings (SSSR count). The fourth-order valence-electron chi connectivity index (χ4n) is 0.903. The van der Waals surface area contributed by atoms with Gasteiger partial charge in [0.15, 0.2) is 0 Å². The Hall–Kier alpha value is -1.28. The molecule has 0 aromatic carbocycles. The van der Waals surface area contributed by atoms with Crippen LogP contribution in [0.25, 0.3) is 0 Å². The maximum absolute atomic E-state index is 5.38. The molecule has 1 aromatic rings. The minimum atomic E-state index is 0.456. The predicted molar refractivity (Wildman–Crippen MR) is 62.8 cm³/mol. The highest BCUT2D eigenvalue weighted by molar-refractivity contribution is 9.10. The number of halogens is 1. The van der Waals surface area contributed by atoms with Gasteiger partial charge in [0.1, 0.15) is 6.61 Å². The Balaban J connectivity index is 2.68. The number of nitrogens with zero attached hydrogens (tertiary/aromatic N) is 2. The fraction of sp³-hybridized carbons (Fsp3) is 0.400. The van der Waals surface area contributed by atoms with E-state index in [1.54, 1.807) is 6.20 Å². The van der Waals surface area contributed by atoms with Gasteiger partial charge >= 0.3 is 0 Å². The number of nitrogens with one attached hydrogen (secondary N) is 1. The Labute approximate surface area is 97.6 Å². The van der Waals surface area contributed by atoms with Crippen molar-refractivity contribution in [2.75, 3.05) is 18.5 Å². The minimum absolute atomic E-state index is 0.456. The van der Waals surface area contributed by atoms with E-state index in [0.29, 0.717) is 24.9 Å². The van der Waals surface area contributed by atoms with Crippen molar-refractivity contribution in [1.29, 1.82) is 0 Å². The second kappa shape index (κ2) is 6.25. The summed E-state index contributed by atoms with van der Waals surface area (Å²) < 4.78 is 6.11. The molecule has 0 radical (unpaired) electrons. The van der Waals surface area contributed by atoms with Crippen molar-refractivity contribution < 1.29 is 4.74 Å². The van der Waals surface area contributed by atoms with E-state index in [4.69, 9.17) is 11.2 Å². The van der Waals surface area contributed by atoms with Gasteiger partial charge in [-0.2, -0.15) is 4.98 Å². The van der Waals surface area contributed by atoms with Crippen LogP contribution in [-0.2, 0) is 0 Å². The third kappa shape index (κ3) is 3.76. The van der Waals surface area contributed by atoms with Crippen molar-refractivity contribution >= 4 is 21.9 Å². The lowest BCUT2D eigenvalue weighted by Gasteiger charge is -2.07. The topological polar surface area (TPSA) is 47.0 Å². The van der Waals surface area contributed by atoms with Crippen molar-refractivity contribution in [1.82, 2.24) is 9.97 Å². The zero-order valence-corrected chi connectivity index (χ0v) is 10.0. The molecule has 80 valence electrons. The second-order valence-electron chi connectivity index (χ2n) is 2.68. The molecule has 1 N–H and O–H groups in total. The largest absolute Gasteiger partial charge is 0.476 e. The van der Waals surface area contributed by atoms with Crippen LogP contribution in [0.5, 0.6) is 5.88 Å². The SMILES string of the molecule is C#CCCOc1nc(NCC)ncc1Br. The Morgan fingerprint density at radius 3 is 3.13 bits per heavy atom. The third-order valence-corrected chi connectivity index (χ3v) is 2.08. The van der Waals surface area contributed by atoms with Crippen LogP contribution in [0.3, 0.4) is 0 Å². The van der Waals surface area contributed by atoms with E-state index in [1.807, 2.05) is 6.92 Å². The Morgan fingerprint density at radius 1 is 1.67 bits per heavy atom. The number of ether oxygens (including phenoxy) is 1. The zero-order valence-electron chi connectivity index (χ0n) is 8.46. The molecule has 4 nitrogen and oxygen atoms in total. The van der Waals surface area contributed by atoms with E-state index in [1.165, 1.54) is 0 Å². The van der Waals surface area contributed by atoms with Crippen molar-refractivity contribution in [3.8, 4) is 18.2 Å². The summed E-state index contributed by atoms with van der Waals surface area (Å²) in [6.45, 7) is 3.20. The molecule has 0 fully saturated rings. The Morgan fingerprint density at radius 2 is 2.47 bits per heavy atom. The molecule has 0 atom stereocenters. The van der Waals surface area contributed by atoms with Gasteiger partial charge in [-0.25, -0.2) is 4.98 Å². The number of terminal acetylenes is 1. The average molecular weight is 270 g/mol. The van der Waals surface area contributed by atoms with Gasteiger partial charge in [0.25, 0.3) is 0 Å². The van der Waals surface area contributed by atoms with Crippen LogP contribution in [0, 0.1) is 12.3 Å². The lowest BCUT2D eigenvalue weighted by molar-refractivity contribution is 0.312. The zero-order chi connectivity index (χ0) is 11.1. The van der Waals surface area contributed by atoms with E-state index in [9.17, 15) is 0 Å². The van der Waals surface area contributed by atoms with Crippen LogP contribution in [0.15, 0.2) is 10.7 Å². The van der Waals surface area contributed by atoms with Crippen LogP contribution in [0.4, 0.5) is 5.95 Å². The molecule has 0 aliphatic heterocycles. The molecule has 1 heterocycles. The third-order valence-electron chi connectivity index (χ3n) is 1.53. The van der Waals surface area contributed by atoms with Gasteiger partial charge in [0.05, 0.1) is 10.7 Å². The lowest BCUT2D eigenvalue weighted by Crippen LogP contribution is -2.05. The molecule has 0 bridgehead atoms. The molecule has 0 aliphatic rings. The number of rotatable bonds is 5. The quantitative estimate of drug-likeness (QED) is 0.657. The van der Waals surface area contributed by atoms with E-state index < -0.39 is 0 Å². The number of hydrogen-bond acceptors (Lipinski definition) is 4. The van der Waals surface area contributed by atoms with Gasteiger partial charge in [0.2, 0.25) is 11.8 Å². The summed E-state index contributed by atoms with van der Waals surface area (Å²) in [6.07, 6.45) is 7.33. The van der Waals surface area contributed by atoms with Gasteiger partial charge in [-0.1, -0.05) is 0 Å². The Bertz CT molecular complexity index is 362. The van der Waals surface area contributed by atoms with Gasteiger partial charge in [0, 0.05) is 13.0 Å². The molecule has 1 aromatic heterocycles. The Kier molecular flexibility index (Phi) is 4.91. The summed E-state index contributed by atoms with van der Waals surface area (Å²) in [4.78, 5) is 8.24. The van der Waals surface area contributed by atoms with E-state index in [0.717, 1.165) is 11.0 Å². The highest BCUT2D eigenvalue weighted by Crippen LogP contribution is 2.22. The van der Waals surface area contributed by atoms with E-state index in [-0.39, 0.29) is 0 Å². The molecule has 15 heavy (non-hydrogen) atoms. The molecule has 0 saturated heterocycles. The predicted octanol–water partition coefficient (Wildman–Crippen LogP) is 2.07. The molecular formula is C10H12BrN3O. The molecule has 0 amide bonds. The second-order valence-corrected chi connectivity index (χ2v) is 3.53. The van der Waals surface area contributed by atoms with Crippen LogP contribution in [0.1, 0.15) is 13.3 Å². The first-order valence-electron chi connectivity index (χ1n) is 4.60. The summed E-state index contributed by atoms with van der Waals surface area (Å²) >= 11 is 3.30. The summed E-state index contributed by atoms with van der Waals surface area (Å²) in [5.74, 6) is 3.56. The summed E-state index contributed by atoms with van der Waals surface area (Å²) in [7, 11) is 0. The normalized spacial score (nSPS) is 9.40. The first-order chi connectivity index (χ1) is 7.27. The highest BCUT2D eigenvalue weighted by atomic mass is 79.9. The summed E-state index contributed by atoms with van der Waals surface area (Å²) in [5.41, 5.74) is 0. The summed E-state index contributed by atoms with van der Waals surface area (Å²) in [6, 6.07) is 0. The van der Waals surface area contributed by atoms with Gasteiger partial charge in [-0.05, 0) is 22.9 Å². The smallest absolute Gasteiger partial charge is 0.232 e. The molecule has 5 heteroatoms. The highest BCUT2D eigenvalue weighted by Gasteiger charge is 2.05. The van der Waals surface area contributed by atoms with Crippen LogP contribution in [-0.4, -0.2) is 23.1 Å². The molecule has 0 unspecified atom stereocenters. The average Bonchev–Trinajstić information content (AvgIpc) is 2.23. The van der Waals surface area contributed by atoms with Crippen LogP contribution >= 0.6 is 15.9 Å². The standard InChI is InChI=1S/C10H12BrN3O/c1-3-5-6-15-9-8(11)7-13-10(14-9)12-4-2/h1,7H,4-6H2,2H3,(H,12,13,14). The van der Waals surface area contributed by atoms with Gasteiger partial charge < -0.3 is 10.1 Å². The fourth-order valence-corrected chi connectivity index (χ4v) is 1.21. The van der Waals surface area contributed by atoms with E-state index in [2.05, 4.69) is 37.1 Å². The molecule has 0 spiro atoms. The number of anilines is 1.